The number of anilines is 1. The minimum Gasteiger partial charge on any atom is -0.451 e. The summed E-state index contributed by atoms with van der Waals surface area (Å²) in [6.07, 6.45) is -1.09. The second-order valence-electron chi connectivity index (χ2n) is 5.44. The van der Waals surface area contributed by atoms with Crippen LogP contribution in [-0.4, -0.2) is 30.4 Å². The van der Waals surface area contributed by atoms with Gasteiger partial charge in [-0.2, -0.15) is 0 Å². The predicted octanol–water partition coefficient (Wildman–Crippen LogP) is 4.06. The van der Waals surface area contributed by atoms with E-state index in [1.807, 2.05) is 0 Å². The second-order valence-corrected chi connectivity index (χ2v) is 7.20. The molecule has 0 spiro atoms. The van der Waals surface area contributed by atoms with E-state index in [1.54, 1.807) is 30.3 Å². The fourth-order valence-corrected chi connectivity index (χ4v) is 2.74. The van der Waals surface area contributed by atoms with Crippen LogP contribution in [0.15, 0.2) is 46.9 Å². The molecule has 2 rings (SSSR count). The lowest BCUT2D eigenvalue weighted by Gasteiger charge is -2.14. The van der Waals surface area contributed by atoms with Gasteiger partial charge in [-0.1, -0.05) is 45.2 Å². The van der Waals surface area contributed by atoms with Crippen molar-refractivity contribution in [2.24, 2.45) is 0 Å². The standard InChI is InChI=1S/C18H15BrCl2N2O4/c1-10(17(25)23-15-8-13(20)5-6-14(15)21)27-16(24)9-22-18(26)11-3-2-4-12(19)7-11/h2-8,10H,9H2,1H3,(H,22,26)(H,23,25). The van der Waals surface area contributed by atoms with Crippen LogP contribution in [0, 0.1) is 0 Å². The van der Waals surface area contributed by atoms with E-state index in [4.69, 9.17) is 27.9 Å². The molecule has 142 valence electrons. The van der Waals surface area contributed by atoms with Gasteiger partial charge in [-0.05, 0) is 43.3 Å². The van der Waals surface area contributed by atoms with E-state index in [0.717, 1.165) is 4.47 Å². The summed E-state index contributed by atoms with van der Waals surface area (Å²) >= 11 is 15.1. The van der Waals surface area contributed by atoms with Crippen molar-refractivity contribution in [3.8, 4) is 0 Å². The van der Waals surface area contributed by atoms with Crippen LogP contribution in [0.4, 0.5) is 5.69 Å². The topological polar surface area (TPSA) is 84.5 Å². The molecule has 0 fully saturated rings. The fourth-order valence-electron chi connectivity index (χ4n) is 2.00. The van der Waals surface area contributed by atoms with Gasteiger partial charge < -0.3 is 15.4 Å². The molecule has 0 aliphatic carbocycles. The zero-order valence-corrected chi connectivity index (χ0v) is 17.2. The average Bonchev–Trinajstić information content (AvgIpc) is 2.62. The normalized spacial score (nSPS) is 11.4. The summed E-state index contributed by atoms with van der Waals surface area (Å²) in [6, 6.07) is 11.3. The van der Waals surface area contributed by atoms with Gasteiger partial charge in [0.05, 0.1) is 10.7 Å². The quantitative estimate of drug-likeness (QED) is 0.619. The van der Waals surface area contributed by atoms with Crippen LogP contribution in [0.1, 0.15) is 17.3 Å². The molecule has 2 amide bonds. The number of nitrogens with one attached hydrogen (secondary N) is 2. The fraction of sp³-hybridized carbons (Fsp3) is 0.167. The summed E-state index contributed by atoms with van der Waals surface area (Å²) in [6.45, 7) is 1.03. The number of ether oxygens (including phenoxy) is 1. The third-order valence-corrected chi connectivity index (χ3v) is 4.40. The number of rotatable bonds is 6. The molecule has 6 nitrogen and oxygen atoms in total. The van der Waals surface area contributed by atoms with Crippen molar-refractivity contribution in [1.29, 1.82) is 0 Å². The number of hydrogen-bond donors (Lipinski definition) is 2. The monoisotopic (exact) mass is 472 g/mol. The van der Waals surface area contributed by atoms with E-state index >= 15 is 0 Å². The number of carbonyl (C=O) groups is 3. The highest BCUT2D eigenvalue weighted by atomic mass is 79.9. The molecule has 0 heterocycles. The summed E-state index contributed by atoms with van der Waals surface area (Å²) in [4.78, 5) is 36.0. The molecule has 0 bridgehead atoms. The van der Waals surface area contributed by atoms with Crippen molar-refractivity contribution >= 4 is 62.6 Å². The summed E-state index contributed by atoms with van der Waals surface area (Å²) in [5.74, 6) is -1.76. The van der Waals surface area contributed by atoms with Gasteiger partial charge >= 0.3 is 5.97 Å². The summed E-state index contributed by atoms with van der Waals surface area (Å²) < 4.78 is 5.75. The molecule has 0 aliphatic heterocycles. The number of amides is 2. The number of carbonyl (C=O) groups excluding carboxylic acids is 3. The molecular weight excluding hydrogens is 459 g/mol. The Hall–Kier alpha value is -2.09. The Morgan fingerprint density at radius 1 is 1.15 bits per heavy atom. The molecule has 1 atom stereocenters. The molecular formula is C18H15BrCl2N2O4. The molecule has 2 N–H and O–H groups in total. The molecule has 0 aliphatic rings. The number of benzene rings is 2. The number of halogens is 3. The Labute approximate surface area is 174 Å². The van der Waals surface area contributed by atoms with Crippen LogP contribution >= 0.6 is 39.1 Å². The number of esters is 1. The van der Waals surface area contributed by atoms with E-state index in [0.29, 0.717) is 21.3 Å². The maximum Gasteiger partial charge on any atom is 0.326 e. The molecule has 1 unspecified atom stereocenters. The molecule has 27 heavy (non-hydrogen) atoms. The maximum atomic E-state index is 12.1. The highest BCUT2D eigenvalue weighted by Crippen LogP contribution is 2.25. The van der Waals surface area contributed by atoms with Crippen molar-refractivity contribution < 1.29 is 19.1 Å². The van der Waals surface area contributed by atoms with Gasteiger partial charge in [0.15, 0.2) is 6.10 Å². The Morgan fingerprint density at radius 3 is 2.59 bits per heavy atom. The highest BCUT2D eigenvalue weighted by Gasteiger charge is 2.19. The summed E-state index contributed by atoms with van der Waals surface area (Å²) in [7, 11) is 0. The van der Waals surface area contributed by atoms with Gasteiger partial charge in [0.1, 0.15) is 6.54 Å². The van der Waals surface area contributed by atoms with E-state index in [2.05, 4.69) is 26.6 Å². The van der Waals surface area contributed by atoms with Gasteiger partial charge in [-0.3, -0.25) is 14.4 Å². The van der Waals surface area contributed by atoms with E-state index < -0.39 is 23.9 Å². The van der Waals surface area contributed by atoms with Crippen molar-refractivity contribution in [3.05, 3.63) is 62.5 Å². The first-order valence-corrected chi connectivity index (χ1v) is 9.30. The van der Waals surface area contributed by atoms with Gasteiger partial charge in [-0.15, -0.1) is 0 Å². The first kappa shape index (κ1) is 21.2. The summed E-state index contributed by atoms with van der Waals surface area (Å²) in [5, 5.41) is 5.66. The third kappa shape index (κ3) is 6.53. The maximum absolute atomic E-state index is 12.1. The van der Waals surface area contributed by atoms with Crippen LogP contribution < -0.4 is 10.6 Å². The minimum absolute atomic E-state index is 0.299. The first-order valence-electron chi connectivity index (χ1n) is 7.75. The molecule has 2 aromatic rings. The smallest absolute Gasteiger partial charge is 0.326 e. The largest absolute Gasteiger partial charge is 0.451 e. The van der Waals surface area contributed by atoms with Crippen molar-refractivity contribution in [3.63, 3.8) is 0 Å². The van der Waals surface area contributed by atoms with E-state index in [9.17, 15) is 14.4 Å². The molecule has 0 saturated heterocycles. The molecule has 9 heteroatoms. The number of hydrogen-bond acceptors (Lipinski definition) is 4. The van der Waals surface area contributed by atoms with Crippen molar-refractivity contribution in [2.75, 3.05) is 11.9 Å². The Kier molecular flexibility index (Phi) is 7.65. The molecule has 0 radical (unpaired) electrons. The second kappa shape index (κ2) is 9.73. The zero-order chi connectivity index (χ0) is 20.0. The highest BCUT2D eigenvalue weighted by molar-refractivity contribution is 9.10. The lowest BCUT2D eigenvalue weighted by atomic mass is 10.2. The van der Waals surface area contributed by atoms with Gasteiger partial charge in [0.25, 0.3) is 11.8 Å². The van der Waals surface area contributed by atoms with Gasteiger partial charge in [-0.25, -0.2) is 0 Å². The zero-order valence-electron chi connectivity index (χ0n) is 14.1. The first-order chi connectivity index (χ1) is 12.8. The predicted molar refractivity (Wildman–Crippen MR) is 107 cm³/mol. The third-order valence-electron chi connectivity index (χ3n) is 3.34. The van der Waals surface area contributed by atoms with Crippen LogP contribution in [-0.2, 0) is 14.3 Å². The van der Waals surface area contributed by atoms with E-state index in [-0.39, 0.29) is 6.54 Å². The molecule has 0 saturated carbocycles. The van der Waals surface area contributed by atoms with Crippen LogP contribution in [0.5, 0.6) is 0 Å². The lowest BCUT2D eigenvalue weighted by Crippen LogP contribution is -2.35. The van der Waals surface area contributed by atoms with Gasteiger partial charge in [0, 0.05) is 15.1 Å². The van der Waals surface area contributed by atoms with Crippen molar-refractivity contribution in [2.45, 2.75) is 13.0 Å². The van der Waals surface area contributed by atoms with Crippen molar-refractivity contribution in [1.82, 2.24) is 5.32 Å². The molecule has 2 aromatic carbocycles. The lowest BCUT2D eigenvalue weighted by molar-refractivity contribution is -0.152. The molecule has 0 aromatic heterocycles. The Morgan fingerprint density at radius 2 is 1.89 bits per heavy atom. The SMILES string of the molecule is CC(OC(=O)CNC(=O)c1cccc(Br)c1)C(=O)Nc1cc(Cl)ccc1Cl. The van der Waals surface area contributed by atoms with Crippen LogP contribution in [0.2, 0.25) is 10.0 Å². The Bertz CT molecular complexity index is 876. The van der Waals surface area contributed by atoms with Gasteiger partial charge in [0.2, 0.25) is 0 Å². The summed E-state index contributed by atoms with van der Waals surface area (Å²) in [5.41, 5.74) is 0.693. The van der Waals surface area contributed by atoms with Crippen LogP contribution in [0.3, 0.4) is 0 Å². The minimum atomic E-state index is -1.09. The average molecular weight is 474 g/mol. The van der Waals surface area contributed by atoms with E-state index in [1.165, 1.54) is 19.1 Å². The Balaban J connectivity index is 1.84. The van der Waals surface area contributed by atoms with Crippen LogP contribution in [0.25, 0.3) is 0 Å².